The molecule has 0 amide bonds. The Balaban J connectivity index is 2.69. The van der Waals surface area contributed by atoms with Gasteiger partial charge in [0.1, 0.15) is 11.0 Å². The quantitative estimate of drug-likeness (QED) is 0.780. The molecule has 2 aromatic rings. The summed E-state index contributed by atoms with van der Waals surface area (Å²) in [5.41, 5.74) is 2.75. The molecule has 2 aromatic heterocycles. The summed E-state index contributed by atoms with van der Waals surface area (Å²) in [5.74, 6) is 0. The van der Waals surface area contributed by atoms with E-state index in [2.05, 4.69) is 34.5 Å². The highest BCUT2D eigenvalue weighted by molar-refractivity contribution is 5.86. The van der Waals surface area contributed by atoms with Crippen molar-refractivity contribution in [1.29, 1.82) is 0 Å². The number of hydrogen-bond acceptors (Lipinski definition) is 4. The van der Waals surface area contributed by atoms with E-state index in [1.54, 1.807) is 12.4 Å². The first-order valence-electron chi connectivity index (χ1n) is 4.60. The average molecular weight is 191 g/mol. The number of aromatic nitrogens is 4. The van der Waals surface area contributed by atoms with Crippen LogP contribution in [0.3, 0.4) is 0 Å². The molecule has 0 bridgehead atoms. The minimum Gasteiger partial charge on any atom is -0.385 e. The van der Waals surface area contributed by atoms with Gasteiger partial charge in [0.25, 0.3) is 0 Å². The zero-order valence-electron chi connectivity index (χ0n) is 8.52. The van der Waals surface area contributed by atoms with E-state index in [-0.39, 0.29) is 0 Å². The van der Waals surface area contributed by atoms with Gasteiger partial charge in [0, 0.05) is 13.1 Å². The average Bonchev–Trinajstić information content (AvgIpc) is 2.60. The first kappa shape index (κ1) is 8.93. The van der Waals surface area contributed by atoms with Crippen molar-refractivity contribution < 1.29 is 0 Å². The molecule has 14 heavy (non-hydrogen) atoms. The van der Waals surface area contributed by atoms with Crippen LogP contribution in [0.4, 0.5) is 5.69 Å². The number of hydrogen-bond donors (Lipinski definition) is 1. The summed E-state index contributed by atoms with van der Waals surface area (Å²) in [4.78, 5) is 4.14. The van der Waals surface area contributed by atoms with Gasteiger partial charge in [0.05, 0.1) is 18.1 Å². The fraction of sp³-hybridized carbons (Fsp3) is 0.444. The van der Waals surface area contributed by atoms with Gasteiger partial charge in [-0.1, -0.05) is 5.21 Å². The molecule has 2 rings (SSSR count). The van der Waals surface area contributed by atoms with Crippen LogP contribution in [0.25, 0.3) is 11.0 Å². The third kappa shape index (κ3) is 1.21. The van der Waals surface area contributed by atoms with Gasteiger partial charge < -0.3 is 5.32 Å². The maximum atomic E-state index is 4.14. The summed E-state index contributed by atoms with van der Waals surface area (Å²) < 4.78 is 1.86. The van der Waals surface area contributed by atoms with Crippen molar-refractivity contribution >= 4 is 16.7 Å². The van der Waals surface area contributed by atoms with Crippen LogP contribution >= 0.6 is 0 Å². The van der Waals surface area contributed by atoms with Gasteiger partial charge in [-0.25, -0.2) is 4.68 Å². The Kier molecular flexibility index (Phi) is 2.07. The standard InChI is InChI=1S/C9H13N5/c1-6(2)14-8-5-11-4-7(10-3)9(8)12-13-14/h4-6,10H,1-3H3. The topological polar surface area (TPSA) is 55.6 Å². The Morgan fingerprint density at radius 3 is 2.79 bits per heavy atom. The molecule has 0 aromatic carbocycles. The molecule has 0 saturated heterocycles. The van der Waals surface area contributed by atoms with Crippen LogP contribution in [0, 0.1) is 0 Å². The van der Waals surface area contributed by atoms with Crippen molar-refractivity contribution in [2.24, 2.45) is 0 Å². The van der Waals surface area contributed by atoms with Crippen LogP contribution in [-0.4, -0.2) is 27.0 Å². The lowest BCUT2D eigenvalue weighted by Crippen LogP contribution is -2.02. The molecule has 0 aliphatic heterocycles. The van der Waals surface area contributed by atoms with Gasteiger partial charge in [-0.2, -0.15) is 0 Å². The van der Waals surface area contributed by atoms with E-state index in [0.29, 0.717) is 6.04 Å². The summed E-state index contributed by atoms with van der Waals surface area (Å²) in [6.07, 6.45) is 3.54. The molecule has 5 heteroatoms. The Bertz CT molecular complexity index is 445. The first-order chi connectivity index (χ1) is 6.74. The molecular formula is C9H13N5. The fourth-order valence-corrected chi connectivity index (χ4v) is 1.42. The Morgan fingerprint density at radius 1 is 1.36 bits per heavy atom. The van der Waals surface area contributed by atoms with Gasteiger partial charge in [0.15, 0.2) is 0 Å². The highest BCUT2D eigenvalue weighted by atomic mass is 15.4. The summed E-state index contributed by atoms with van der Waals surface area (Å²) in [6.45, 7) is 4.14. The van der Waals surface area contributed by atoms with E-state index in [4.69, 9.17) is 0 Å². The summed E-state index contributed by atoms with van der Waals surface area (Å²) in [7, 11) is 1.85. The molecule has 0 aliphatic carbocycles. The van der Waals surface area contributed by atoms with E-state index in [0.717, 1.165) is 16.7 Å². The minimum atomic E-state index is 0.300. The molecule has 0 aliphatic rings. The number of pyridine rings is 1. The van der Waals surface area contributed by atoms with E-state index in [1.807, 2.05) is 11.7 Å². The molecule has 0 unspecified atom stereocenters. The molecule has 0 saturated carbocycles. The monoisotopic (exact) mass is 191 g/mol. The van der Waals surface area contributed by atoms with Crippen molar-refractivity contribution in [1.82, 2.24) is 20.0 Å². The van der Waals surface area contributed by atoms with Gasteiger partial charge in [-0.3, -0.25) is 4.98 Å². The lowest BCUT2D eigenvalue weighted by Gasteiger charge is -2.05. The van der Waals surface area contributed by atoms with Crippen LogP contribution in [0.1, 0.15) is 19.9 Å². The predicted molar refractivity (Wildman–Crippen MR) is 55.3 cm³/mol. The fourth-order valence-electron chi connectivity index (χ4n) is 1.42. The van der Waals surface area contributed by atoms with Crippen molar-refractivity contribution in [3.63, 3.8) is 0 Å². The molecule has 0 spiro atoms. The number of rotatable bonds is 2. The van der Waals surface area contributed by atoms with E-state index in [9.17, 15) is 0 Å². The molecular weight excluding hydrogens is 178 g/mol. The van der Waals surface area contributed by atoms with Gasteiger partial charge in [-0.15, -0.1) is 5.10 Å². The second-order valence-corrected chi connectivity index (χ2v) is 3.43. The molecule has 74 valence electrons. The zero-order valence-corrected chi connectivity index (χ0v) is 8.52. The highest BCUT2D eigenvalue weighted by Crippen LogP contribution is 2.20. The van der Waals surface area contributed by atoms with Gasteiger partial charge in [-0.05, 0) is 13.8 Å². The SMILES string of the molecule is CNc1cncc2c1nnn2C(C)C. The smallest absolute Gasteiger partial charge is 0.139 e. The molecule has 0 radical (unpaired) electrons. The highest BCUT2D eigenvalue weighted by Gasteiger charge is 2.10. The Labute approximate surface area is 82.1 Å². The van der Waals surface area contributed by atoms with Gasteiger partial charge >= 0.3 is 0 Å². The van der Waals surface area contributed by atoms with Crippen LogP contribution in [-0.2, 0) is 0 Å². The van der Waals surface area contributed by atoms with Crippen LogP contribution in [0.15, 0.2) is 12.4 Å². The Hall–Kier alpha value is -1.65. The second-order valence-electron chi connectivity index (χ2n) is 3.43. The van der Waals surface area contributed by atoms with Crippen molar-refractivity contribution in [3.8, 4) is 0 Å². The predicted octanol–water partition coefficient (Wildman–Crippen LogP) is 1.45. The second kappa shape index (κ2) is 3.25. The summed E-state index contributed by atoms with van der Waals surface area (Å²) >= 11 is 0. The third-order valence-electron chi connectivity index (χ3n) is 2.14. The van der Waals surface area contributed by atoms with E-state index < -0.39 is 0 Å². The normalized spacial score (nSPS) is 11.1. The lowest BCUT2D eigenvalue weighted by atomic mass is 10.3. The summed E-state index contributed by atoms with van der Waals surface area (Å²) in [6, 6.07) is 0.300. The summed E-state index contributed by atoms with van der Waals surface area (Å²) in [5, 5.41) is 11.3. The molecule has 0 atom stereocenters. The largest absolute Gasteiger partial charge is 0.385 e. The van der Waals surface area contributed by atoms with Crippen LogP contribution in [0.5, 0.6) is 0 Å². The number of nitrogens with zero attached hydrogens (tertiary/aromatic N) is 4. The Morgan fingerprint density at radius 2 is 2.14 bits per heavy atom. The maximum absolute atomic E-state index is 4.14. The van der Waals surface area contributed by atoms with Crippen LogP contribution in [0.2, 0.25) is 0 Å². The van der Waals surface area contributed by atoms with Crippen molar-refractivity contribution in [3.05, 3.63) is 12.4 Å². The number of anilines is 1. The first-order valence-corrected chi connectivity index (χ1v) is 4.60. The van der Waals surface area contributed by atoms with E-state index in [1.165, 1.54) is 0 Å². The molecule has 1 N–H and O–H groups in total. The van der Waals surface area contributed by atoms with Gasteiger partial charge in [0.2, 0.25) is 0 Å². The third-order valence-corrected chi connectivity index (χ3v) is 2.14. The number of fused-ring (bicyclic) bond motifs is 1. The van der Waals surface area contributed by atoms with E-state index >= 15 is 0 Å². The number of nitrogens with one attached hydrogen (secondary N) is 1. The minimum absolute atomic E-state index is 0.300. The van der Waals surface area contributed by atoms with Crippen LogP contribution < -0.4 is 5.32 Å². The van der Waals surface area contributed by atoms with Crippen molar-refractivity contribution in [2.75, 3.05) is 12.4 Å². The molecule has 2 heterocycles. The van der Waals surface area contributed by atoms with Crippen molar-refractivity contribution in [2.45, 2.75) is 19.9 Å². The lowest BCUT2D eigenvalue weighted by molar-refractivity contribution is 0.529. The zero-order chi connectivity index (χ0) is 10.1. The maximum Gasteiger partial charge on any atom is 0.139 e. The molecule has 5 nitrogen and oxygen atoms in total. The molecule has 0 fully saturated rings.